The van der Waals surface area contributed by atoms with E-state index < -0.39 is 23.8 Å². The van der Waals surface area contributed by atoms with Crippen molar-refractivity contribution in [2.24, 2.45) is 0 Å². The number of furan rings is 1. The number of ether oxygens (including phenoxy) is 2. The van der Waals surface area contributed by atoms with Crippen LogP contribution in [0.3, 0.4) is 0 Å². The van der Waals surface area contributed by atoms with Crippen LogP contribution in [0, 0.1) is 0 Å². The van der Waals surface area contributed by atoms with Crippen molar-refractivity contribution in [3.8, 4) is 11.6 Å². The van der Waals surface area contributed by atoms with Crippen molar-refractivity contribution in [3.05, 3.63) is 124 Å². The van der Waals surface area contributed by atoms with Crippen LogP contribution in [-0.2, 0) is 11.4 Å². The molecule has 0 saturated carbocycles. The average molecular weight is 656 g/mol. The summed E-state index contributed by atoms with van der Waals surface area (Å²) in [6.45, 7) is -0.170. The minimum absolute atomic E-state index is 0.107. The van der Waals surface area contributed by atoms with Gasteiger partial charge in [0.2, 0.25) is 5.88 Å². The third kappa shape index (κ3) is 5.54. The molecule has 10 nitrogen and oxygen atoms in total. The molecule has 1 aliphatic heterocycles. The van der Waals surface area contributed by atoms with Crippen molar-refractivity contribution in [2.75, 3.05) is 20.8 Å². The van der Waals surface area contributed by atoms with Gasteiger partial charge in [-0.1, -0.05) is 42.5 Å². The zero-order valence-electron chi connectivity index (χ0n) is 23.7. The van der Waals surface area contributed by atoms with E-state index >= 15 is 0 Å². The number of nitrogens with zero attached hydrogens (tertiary/aromatic N) is 3. The summed E-state index contributed by atoms with van der Waals surface area (Å²) in [5, 5.41) is 1.55. The lowest BCUT2D eigenvalue weighted by molar-refractivity contribution is -0.108. The molecule has 0 fully saturated rings. The lowest BCUT2D eigenvalue weighted by Gasteiger charge is -2.31. The number of imide groups is 1. The Labute approximate surface area is 260 Å². The summed E-state index contributed by atoms with van der Waals surface area (Å²) < 4.78 is 17.5. The first kappa shape index (κ1) is 29.1. The summed E-state index contributed by atoms with van der Waals surface area (Å²) in [5.41, 5.74) is 1.99. The molecule has 0 radical (unpaired) electrons. The van der Waals surface area contributed by atoms with Gasteiger partial charge in [-0.3, -0.25) is 19.2 Å². The third-order valence-electron chi connectivity index (χ3n) is 7.27. The van der Waals surface area contributed by atoms with Crippen LogP contribution < -0.4 is 9.47 Å². The topological polar surface area (TPSA) is 111 Å². The van der Waals surface area contributed by atoms with Crippen molar-refractivity contribution in [1.82, 2.24) is 14.9 Å². The van der Waals surface area contributed by atoms with Crippen molar-refractivity contribution < 1.29 is 33.1 Å². The zero-order chi connectivity index (χ0) is 30.8. The van der Waals surface area contributed by atoms with Gasteiger partial charge >= 0.3 is 0 Å². The van der Waals surface area contributed by atoms with E-state index in [0.717, 1.165) is 16.0 Å². The van der Waals surface area contributed by atoms with Gasteiger partial charge in [0, 0.05) is 11.9 Å². The number of carbonyl (C=O) groups excluding carboxylic acids is 3. The molecule has 2 aromatic heterocycles. The minimum Gasteiger partial charge on any atom is -0.497 e. The number of hydrogen-bond donors (Lipinski definition) is 0. The number of carbonyl (C=O) groups is 3. The first-order valence-electron chi connectivity index (χ1n) is 13.6. The number of benzene rings is 3. The summed E-state index contributed by atoms with van der Waals surface area (Å²) in [6.07, 6.45) is 0. The molecule has 1 atom stereocenters. The number of pyridine rings is 1. The minimum atomic E-state index is -0.891. The summed E-state index contributed by atoms with van der Waals surface area (Å²) in [7, 11) is 3.04. The standard InChI is InChI=1S/C33H26BrN3O7/c1-41-22-13-11-20(12-14-22)18-36(33(40)26-16-15-25(34)30(35-26)42-2)27(29-17-21-7-3-6-10-28(21)44-29)19-43-37-31(38)23-8-4-5-9-24(23)32(37)39/h3-17,27H,18-19H2,1-2H3/t27-/m1/s1. The van der Waals surface area contributed by atoms with Crippen molar-refractivity contribution in [1.29, 1.82) is 0 Å². The fraction of sp³-hybridized carbons (Fsp3) is 0.152. The third-order valence-corrected chi connectivity index (χ3v) is 7.87. The van der Waals surface area contributed by atoms with E-state index in [9.17, 15) is 14.4 Å². The van der Waals surface area contributed by atoms with Gasteiger partial charge < -0.3 is 18.8 Å². The second-order valence-electron chi connectivity index (χ2n) is 9.92. The zero-order valence-corrected chi connectivity index (χ0v) is 25.3. The van der Waals surface area contributed by atoms with E-state index in [1.165, 1.54) is 12.0 Å². The lowest BCUT2D eigenvalue weighted by Crippen LogP contribution is -2.40. The number of aromatic nitrogens is 1. The Morgan fingerprint density at radius 3 is 2.25 bits per heavy atom. The van der Waals surface area contributed by atoms with Crippen LogP contribution in [0.2, 0.25) is 0 Å². The number of hydroxylamine groups is 2. The maximum Gasteiger partial charge on any atom is 0.285 e. The molecule has 6 rings (SSSR count). The van der Waals surface area contributed by atoms with Crippen molar-refractivity contribution >= 4 is 44.6 Å². The Morgan fingerprint density at radius 2 is 1.59 bits per heavy atom. The SMILES string of the molecule is COc1ccc(CN(C(=O)c2ccc(Br)c(OC)n2)[C@H](CON2C(=O)c3ccccc3C2=O)c2cc3ccccc3o2)cc1. The molecule has 3 heterocycles. The van der Waals surface area contributed by atoms with Gasteiger partial charge in [0.05, 0.1) is 29.8 Å². The predicted octanol–water partition coefficient (Wildman–Crippen LogP) is 6.22. The summed E-state index contributed by atoms with van der Waals surface area (Å²) >= 11 is 3.39. The maximum atomic E-state index is 14.3. The van der Waals surface area contributed by atoms with E-state index in [1.54, 1.807) is 55.6 Å². The van der Waals surface area contributed by atoms with Gasteiger partial charge in [-0.2, -0.15) is 0 Å². The highest BCUT2D eigenvalue weighted by Gasteiger charge is 2.39. The van der Waals surface area contributed by atoms with Gasteiger partial charge in [0.15, 0.2) is 0 Å². The molecule has 3 amide bonds. The normalized spacial score (nSPS) is 13.2. The van der Waals surface area contributed by atoms with E-state index in [1.807, 2.05) is 42.5 Å². The molecule has 44 heavy (non-hydrogen) atoms. The smallest absolute Gasteiger partial charge is 0.285 e. The van der Waals surface area contributed by atoms with Crippen molar-refractivity contribution in [3.63, 3.8) is 0 Å². The first-order chi connectivity index (χ1) is 21.4. The van der Waals surface area contributed by atoms with E-state index in [-0.39, 0.29) is 35.9 Å². The maximum absolute atomic E-state index is 14.3. The van der Waals surface area contributed by atoms with Crippen LogP contribution in [0.25, 0.3) is 11.0 Å². The quantitative estimate of drug-likeness (QED) is 0.163. The second-order valence-corrected chi connectivity index (χ2v) is 10.8. The highest BCUT2D eigenvalue weighted by atomic mass is 79.9. The Balaban J connectivity index is 1.41. The van der Waals surface area contributed by atoms with E-state index in [4.69, 9.17) is 18.7 Å². The molecule has 0 N–H and O–H groups in total. The summed E-state index contributed by atoms with van der Waals surface area (Å²) in [4.78, 5) is 52.4. The molecule has 0 unspecified atom stereocenters. The lowest BCUT2D eigenvalue weighted by atomic mass is 10.1. The molecule has 3 aromatic carbocycles. The molecule has 222 valence electrons. The molecule has 0 spiro atoms. The first-order valence-corrected chi connectivity index (χ1v) is 14.4. The Kier molecular flexibility index (Phi) is 8.14. The van der Waals surface area contributed by atoms with Crippen LogP contribution in [0.15, 0.2) is 99.9 Å². The number of rotatable bonds is 10. The van der Waals surface area contributed by atoms with Gasteiger partial charge in [-0.15, -0.1) is 5.06 Å². The molecule has 0 aliphatic carbocycles. The second kappa shape index (κ2) is 12.3. The summed E-state index contributed by atoms with van der Waals surface area (Å²) in [6, 6.07) is 25.4. The fourth-order valence-electron chi connectivity index (χ4n) is 5.01. The number of amides is 3. The van der Waals surface area contributed by atoms with Gasteiger partial charge in [0.1, 0.15) is 35.4 Å². The van der Waals surface area contributed by atoms with Gasteiger partial charge in [-0.25, -0.2) is 4.98 Å². The molecule has 5 aromatic rings. The Hall–Kier alpha value is -5.00. The number of fused-ring (bicyclic) bond motifs is 2. The molecule has 0 bridgehead atoms. The van der Waals surface area contributed by atoms with Crippen LogP contribution in [-0.4, -0.2) is 53.5 Å². The highest BCUT2D eigenvalue weighted by Crippen LogP contribution is 2.33. The van der Waals surface area contributed by atoms with Crippen LogP contribution >= 0.6 is 15.9 Å². The number of halogens is 1. The summed E-state index contributed by atoms with van der Waals surface area (Å²) in [5.74, 6) is -0.323. The van der Waals surface area contributed by atoms with Crippen molar-refractivity contribution in [2.45, 2.75) is 12.6 Å². The number of para-hydroxylation sites is 1. The fourth-order valence-corrected chi connectivity index (χ4v) is 5.39. The highest BCUT2D eigenvalue weighted by molar-refractivity contribution is 9.10. The van der Waals surface area contributed by atoms with E-state index in [0.29, 0.717) is 21.6 Å². The molecular formula is C33H26BrN3O7. The van der Waals surface area contributed by atoms with Gasteiger partial charge in [-0.05, 0) is 70.0 Å². The van der Waals surface area contributed by atoms with Gasteiger partial charge in [0.25, 0.3) is 17.7 Å². The molecule has 1 aliphatic rings. The van der Waals surface area contributed by atoms with Crippen LogP contribution in [0.4, 0.5) is 0 Å². The Bertz CT molecular complexity index is 1800. The Morgan fingerprint density at radius 1 is 0.909 bits per heavy atom. The van der Waals surface area contributed by atoms with E-state index in [2.05, 4.69) is 20.9 Å². The largest absolute Gasteiger partial charge is 0.497 e. The molecule has 0 saturated heterocycles. The number of methoxy groups -OCH3 is 2. The molecular weight excluding hydrogens is 630 g/mol. The average Bonchev–Trinajstić information content (AvgIpc) is 3.59. The van der Waals surface area contributed by atoms with Crippen LogP contribution in [0.5, 0.6) is 11.6 Å². The monoisotopic (exact) mass is 655 g/mol. The predicted molar refractivity (Wildman–Crippen MR) is 163 cm³/mol. The number of hydrogen-bond acceptors (Lipinski definition) is 8. The molecule has 11 heteroatoms. The van der Waals surface area contributed by atoms with Crippen LogP contribution in [0.1, 0.15) is 48.6 Å².